The monoisotopic (exact) mass is 308 g/mol. The largest absolute Gasteiger partial charge is 0.481 e. The lowest BCUT2D eigenvalue weighted by Gasteiger charge is -2.13. The van der Waals surface area contributed by atoms with Crippen LogP contribution in [0.15, 0.2) is 24.3 Å². The van der Waals surface area contributed by atoms with Crippen LogP contribution in [0.1, 0.15) is 64.7 Å². The SMILES string of the molecule is CCCCCC/C=C\[C@H]1NCN[C@@H]1C/C=C/CCCC(=O)O. The van der Waals surface area contributed by atoms with Crippen molar-refractivity contribution in [3.05, 3.63) is 24.3 Å². The minimum atomic E-state index is -0.709. The Balaban J connectivity index is 2.15. The molecule has 0 spiro atoms. The first-order chi connectivity index (χ1) is 10.7. The minimum Gasteiger partial charge on any atom is -0.481 e. The third-order valence-corrected chi connectivity index (χ3v) is 4.02. The van der Waals surface area contributed by atoms with Crippen LogP contribution in [0.25, 0.3) is 0 Å². The molecule has 126 valence electrons. The molecule has 0 amide bonds. The molecule has 0 aromatic heterocycles. The maximum atomic E-state index is 10.4. The van der Waals surface area contributed by atoms with E-state index in [1.165, 1.54) is 32.1 Å². The Hall–Kier alpha value is -1.13. The second-order valence-corrected chi connectivity index (χ2v) is 5.99. The molecule has 1 aliphatic rings. The predicted octanol–water partition coefficient (Wildman–Crippen LogP) is 3.60. The van der Waals surface area contributed by atoms with Gasteiger partial charge in [-0.05, 0) is 32.1 Å². The molecule has 0 bridgehead atoms. The highest BCUT2D eigenvalue weighted by Crippen LogP contribution is 2.10. The van der Waals surface area contributed by atoms with Gasteiger partial charge in [0.05, 0.1) is 0 Å². The molecule has 1 fully saturated rings. The number of hydrogen-bond donors (Lipinski definition) is 3. The van der Waals surface area contributed by atoms with Gasteiger partial charge in [-0.15, -0.1) is 0 Å². The molecule has 22 heavy (non-hydrogen) atoms. The van der Waals surface area contributed by atoms with Crippen LogP contribution in [0, 0.1) is 0 Å². The van der Waals surface area contributed by atoms with Crippen LogP contribution < -0.4 is 10.6 Å². The molecule has 4 nitrogen and oxygen atoms in total. The van der Waals surface area contributed by atoms with Crippen molar-refractivity contribution in [3.63, 3.8) is 0 Å². The second kappa shape index (κ2) is 12.4. The van der Waals surface area contributed by atoms with Crippen molar-refractivity contribution in [2.24, 2.45) is 0 Å². The van der Waals surface area contributed by atoms with E-state index in [0.717, 1.165) is 25.9 Å². The van der Waals surface area contributed by atoms with E-state index in [2.05, 4.69) is 41.9 Å². The molecule has 0 aliphatic carbocycles. The third-order valence-electron chi connectivity index (χ3n) is 4.02. The molecular weight excluding hydrogens is 276 g/mol. The van der Waals surface area contributed by atoms with Crippen molar-refractivity contribution in [2.45, 2.75) is 76.8 Å². The fourth-order valence-electron chi connectivity index (χ4n) is 2.67. The van der Waals surface area contributed by atoms with E-state index in [1.54, 1.807) is 0 Å². The molecule has 1 heterocycles. The maximum absolute atomic E-state index is 10.4. The normalized spacial score (nSPS) is 22.0. The first kappa shape index (κ1) is 18.9. The van der Waals surface area contributed by atoms with Crippen molar-refractivity contribution in [1.82, 2.24) is 10.6 Å². The average molecular weight is 308 g/mol. The first-order valence-electron chi connectivity index (χ1n) is 8.74. The summed E-state index contributed by atoms with van der Waals surface area (Å²) in [6, 6.07) is 0.859. The van der Waals surface area contributed by atoms with Gasteiger partial charge in [-0.3, -0.25) is 15.4 Å². The maximum Gasteiger partial charge on any atom is 0.303 e. The summed E-state index contributed by atoms with van der Waals surface area (Å²) in [7, 11) is 0. The molecule has 1 aliphatic heterocycles. The summed E-state index contributed by atoms with van der Waals surface area (Å²) in [5.41, 5.74) is 0. The topological polar surface area (TPSA) is 61.4 Å². The molecule has 0 saturated carbocycles. The Labute approximate surface area is 135 Å². The summed E-state index contributed by atoms with van der Waals surface area (Å²) in [6.45, 7) is 3.10. The van der Waals surface area contributed by atoms with E-state index >= 15 is 0 Å². The smallest absolute Gasteiger partial charge is 0.303 e. The van der Waals surface area contributed by atoms with Crippen molar-refractivity contribution < 1.29 is 9.90 Å². The van der Waals surface area contributed by atoms with Gasteiger partial charge in [0, 0.05) is 25.2 Å². The summed E-state index contributed by atoms with van der Waals surface area (Å²) in [5.74, 6) is -0.709. The van der Waals surface area contributed by atoms with E-state index in [0.29, 0.717) is 12.1 Å². The number of nitrogens with one attached hydrogen (secondary N) is 2. The Morgan fingerprint density at radius 3 is 2.68 bits per heavy atom. The van der Waals surface area contributed by atoms with E-state index in [1.807, 2.05) is 0 Å². The number of carboxylic acid groups (broad SMARTS) is 1. The summed E-state index contributed by atoms with van der Waals surface area (Å²) in [6.07, 6.45) is 18.1. The fraction of sp³-hybridized carbons (Fsp3) is 0.722. The van der Waals surface area contributed by atoms with Crippen molar-refractivity contribution >= 4 is 5.97 Å². The Kier molecular flexibility index (Phi) is 10.7. The molecule has 2 atom stereocenters. The van der Waals surface area contributed by atoms with Crippen LogP contribution in [-0.4, -0.2) is 29.8 Å². The van der Waals surface area contributed by atoms with Gasteiger partial charge >= 0.3 is 5.97 Å². The lowest BCUT2D eigenvalue weighted by atomic mass is 10.0. The van der Waals surface area contributed by atoms with Crippen LogP contribution >= 0.6 is 0 Å². The van der Waals surface area contributed by atoms with E-state index in [4.69, 9.17) is 5.11 Å². The fourth-order valence-corrected chi connectivity index (χ4v) is 2.67. The van der Waals surface area contributed by atoms with Crippen molar-refractivity contribution in [3.8, 4) is 0 Å². The molecule has 1 saturated heterocycles. The highest BCUT2D eigenvalue weighted by Gasteiger charge is 2.22. The van der Waals surface area contributed by atoms with E-state index in [-0.39, 0.29) is 6.42 Å². The minimum absolute atomic E-state index is 0.261. The molecule has 1 rings (SSSR count). The lowest BCUT2D eigenvalue weighted by molar-refractivity contribution is -0.137. The van der Waals surface area contributed by atoms with Crippen LogP contribution in [0.4, 0.5) is 0 Å². The zero-order valence-electron chi connectivity index (χ0n) is 13.9. The number of carboxylic acids is 1. The van der Waals surface area contributed by atoms with Gasteiger partial charge in [-0.25, -0.2) is 0 Å². The molecule has 0 unspecified atom stereocenters. The van der Waals surface area contributed by atoms with Gasteiger partial charge in [0.15, 0.2) is 0 Å². The Morgan fingerprint density at radius 1 is 1.09 bits per heavy atom. The standard InChI is InChI=1S/C18H32N2O2/c1-2-3-4-5-6-9-12-16-17(20-15-19-16)13-10-7-8-11-14-18(21)22/h7,9-10,12,16-17,19-20H,2-6,8,11,13-15H2,1H3,(H,21,22)/b10-7+,12-9-/t16-,17-/m1/s1. The summed E-state index contributed by atoms with van der Waals surface area (Å²) in [4.78, 5) is 10.4. The highest BCUT2D eigenvalue weighted by molar-refractivity contribution is 5.66. The lowest BCUT2D eigenvalue weighted by Crippen LogP contribution is -2.31. The average Bonchev–Trinajstić information content (AvgIpc) is 2.93. The summed E-state index contributed by atoms with van der Waals surface area (Å²) < 4.78 is 0. The number of rotatable bonds is 12. The summed E-state index contributed by atoms with van der Waals surface area (Å²) >= 11 is 0. The summed E-state index contributed by atoms with van der Waals surface area (Å²) in [5, 5.41) is 15.5. The van der Waals surface area contributed by atoms with Gasteiger partial charge in [-0.1, -0.05) is 50.5 Å². The Bertz CT molecular complexity index is 353. The number of allylic oxidation sites excluding steroid dienone is 2. The molecule has 0 aromatic carbocycles. The van der Waals surface area contributed by atoms with Gasteiger partial charge < -0.3 is 5.11 Å². The van der Waals surface area contributed by atoms with Gasteiger partial charge in [-0.2, -0.15) is 0 Å². The van der Waals surface area contributed by atoms with Gasteiger partial charge in [0.1, 0.15) is 0 Å². The first-order valence-corrected chi connectivity index (χ1v) is 8.74. The number of unbranched alkanes of at least 4 members (excludes halogenated alkanes) is 5. The highest BCUT2D eigenvalue weighted by atomic mass is 16.4. The van der Waals surface area contributed by atoms with Gasteiger partial charge in [0.25, 0.3) is 0 Å². The van der Waals surface area contributed by atoms with Gasteiger partial charge in [0.2, 0.25) is 0 Å². The number of hydrogen-bond acceptors (Lipinski definition) is 3. The van der Waals surface area contributed by atoms with Crippen LogP contribution in [0.2, 0.25) is 0 Å². The number of carbonyl (C=O) groups is 1. The quantitative estimate of drug-likeness (QED) is 0.381. The molecule has 4 heteroatoms. The number of aliphatic carboxylic acids is 1. The molecule has 3 N–H and O–H groups in total. The van der Waals surface area contributed by atoms with Crippen molar-refractivity contribution in [1.29, 1.82) is 0 Å². The van der Waals surface area contributed by atoms with Crippen molar-refractivity contribution in [2.75, 3.05) is 6.67 Å². The van der Waals surface area contributed by atoms with E-state index < -0.39 is 5.97 Å². The Morgan fingerprint density at radius 2 is 1.91 bits per heavy atom. The van der Waals surface area contributed by atoms with Crippen LogP contribution in [-0.2, 0) is 4.79 Å². The molecule has 0 radical (unpaired) electrons. The second-order valence-electron chi connectivity index (χ2n) is 5.99. The molecular formula is C18H32N2O2. The van der Waals surface area contributed by atoms with Crippen LogP contribution in [0.5, 0.6) is 0 Å². The third kappa shape index (κ3) is 9.00. The zero-order chi connectivity index (χ0) is 16.0. The molecule has 0 aromatic rings. The van der Waals surface area contributed by atoms with E-state index in [9.17, 15) is 4.79 Å². The zero-order valence-corrected chi connectivity index (χ0v) is 13.9. The van der Waals surface area contributed by atoms with Crippen LogP contribution in [0.3, 0.4) is 0 Å². The predicted molar refractivity (Wildman–Crippen MR) is 91.9 cm³/mol.